The van der Waals surface area contributed by atoms with Crippen LogP contribution >= 0.6 is 11.3 Å². The number of benzene rings is 1. The first-order chi connectivity index (χ1) is 11.2. The summed E-state index contributed by atoms with van der Waals surface area (Å²) in [5, 5.41) is 2.54. The van der Waals surface area contributed by atoms with E-state index < -0.39 is 0 Å². The number of imide groups is 1. The fourth-order valence-corrected chi connectivity index (χ4v) is 3.22. The zero-order chi connectivity index (χ0) is 15.8. The summed E-state index contributed by atoms with van der Waals surface area (Å²) in [6.45, 7) is 0.156. The van der Waals surface area contributed by atoms with Crippen molar-refractivity contribution in [1.82, 2.24) is 19.9 Å². The maximum Gasteiger partial charge on any atom is 0.261 e. The standard InChI is InChI=1S/C16H10N4O2S/c21-15-11-3-1-2-4-12(11)16(22)20(15)8-10-9-23-14(19-10)13-7-17-5-6-18-13/h1-7,9H,8H2. The van der Waals surface area contributed by atoms with Crippen LogP contribution in [0.5, 0.6) is 0 Å². The molecular weight excluding hydrogens is 312 g/mol. The average Bonchev–Trinajstić information content (AvgIpc) is 3.16. The molecule has 3 heterocycles. The van der Waals surface area contributed by atoms with E-state index in [1.807, 2.05) is 5.38 Å². The number of amides is 2. The smallest absolute Gasteiger partial charge is 0.261 e. The molecule has 1 aliphatic heterocycles. The van der Waals surface area contributed by atoms with Gasteiger partial charge in [-0.05, 0) is 12.1 Å². The van der Waals surface area contributed by atoms with E-state index in [0.717, 1.165) is 0 Å². The summed E-state index contributed by atoms with van der Waals surface area (Å²) in [6, 6.07) is 6.84. The minimum atomic E-state index is -0.278. The van der Waals surface area contributed by atoms with Gasteiger partial charge in [0, 0.05) is 17.8 Å². The summed E-state index contributed by atoms with van der Waals surface area (Å²) >= 11 is 1.41. The molecule has 0 saturated carbocycles. The largest absolute Gasteiger partial charge is 0.269 e. The quantitative estimate of drug-likeness (QED) is 0.692. The van der Waals surface area contributed by atoms with Gasteiger partial charge in [-0.3, -0.25) is 24.5 Å². The number of thiazole rings is 1. The molecule has 2 amide bonds. The molecule has 0 saturated heterocycles. The third kappa shape index (κ3) is 2.31. The molecule has 4 rings (SSSR count). The van der Waals surface area contributed by atoms with Crippen LogP contribution in [-0.2, 0) is 6.54 Å². The Morgan fingerprint density at radius 3 is 2.43 bits per heavy atom. The normalized spacial score (nSPS) is 13.5. The number of carbonyl (C=O) groups is 2. The van der Waals surface area contributed by atoms with Gasteiger partial charge in [-0.15, -0.1) is 11.3 Å². The molecule has 3 aromatic rings. The van der Waals surface area contributed by atoms with Crippen LogP contribution in [0.25, 0.3) is 10.7 Å². The summed E-state index contributed by atoms with van der Waals surface area (Å²) in [5.41, 5.74) is 2.22. The Hall–Kier alpha value is -2.93. The lowest BCUT2D eigenvalue weighted by atomic mass is 10.1. The molecular formula is C16H10N4O2S. The third-order valence-electron chi connectivity index (χ3n) is 3.53. The highest BCUT2D eigenvalue weighted by molar-refractivity contribution is 7.13. The van der Waals surface area contributed by atoms with Crippen molar-refractivity contribution in [3.8, 4) is 10.7 Å². The van der Waals surface area contributed by atoms with Crippen molar-refractivity contribution < 1.29 is 9.59 Å². The van der Waals surface area contributed by atoms with Gasteiger partial charge in [0.25, 0.3) is 11.8 Å². The molecule has 112 valence electrons. The predicted molar refractivity (Wildman–Crippen MR) is 83.8 cm³/mol. The third-order valence-corrected chi connectivity index (χ3v) is 4.45. The molecule has 23 heavy (non-hydrogen) atoms. The van der Waals surface area contributed by atoms with Crippen LogP contribution < -0.4 is 0 Å². The van der Waals surface area contributed by atoms with Gasteiger partial charge in [0.05, 0.1) is 29.6 Å². The Labute approximate surface area is 135 Å². The molecule has 1 aromatic carbocycles. The monoisotopic (exact) mass is 322 g/mol. The topological polar surface area (TPSA) is 76.1 Å². The summed E-state index contributed by atoms with van der Waals surface area (Å²) in [6.07, 6.45) is 4.82. The van der Waals surface area contributed by atoms with Crippen LogP contribution in [0.2, 0.25) is 0 Å². The highest BCUT2D eigenvalue weighted by Crippen LogP contribution is 2.26. The van der Waals surface area contributed by atoms with E-state index in [2.05, 4.69) is 15.0 Å². The maximum atomic E-state index is 12.3. The van der Waals surface area contributed by atoms with Crippen molar-refractivity contribution in [3.63, 3.8) is 0 Å². The molecule has 0 N–H and O–H groups in total. The molecule has 0 atom stereocenters. The molecule has 0 radical (unpaired) electrons. The Morgan fingerprint density at radius 1 is 1.04 bits per heavy atom. The molecule has 1 aliphatic rings. The Morgan fingerprint density at radius 2 is 1.78 bits per heavy atom. The number of fused-ring (bicyclic) bond motifs is 1. The van der Waals surface area contributed by atoms with Crippen LogP contribution in [0.15, 0.2) is 48.2 Å². The molecule has 0 spiro atoms. The van der Waals surface area contributed by atoms with Crippen molar-refractivity contribution >= 4 is 23.2 Å². The Kier molecular flexibility index (Phi) is 3.20. The van der Waals surface area contributed by atoms with E-state index in [1.54, 1.807) is 42.9 Å². The second-order valence-corrected chi connectivity index (χ2v) is 5.83. The average molecular weight is 322 g/mol. The van der Waals surface area contributed by atoms with Crippen molar-refractivity contribution in [1.29, 1.82) is 0 Å². The first-order valence-electron chi connectivity index (χ1n) is 6.90. The van der Waals surface area contributed by atoms with Gasteiger partial charge in [0.15, 0.2) is 0 Å². The Balaban J connectivity index is 1.60. The van der Waals surface area contributed by atoms with Gasteiger partial charge < -0.3 is 0 Å². The van der Waals surface area contributed by atoms with Crippen LogP contribution in [0.4, 0.5) is 0 Å². The first-order valence-corrected chi connectivity index (χ1v) is 7.78. The summed E-state index contributed by atoms with van der Waals surface area (Å²) in [5.74, 6) is -0.556. The highest BCUT2D eigenvalue weighted by atomic mass is 32.1. The minimum absolute atomic E-state index is 0.156. The lowest BCUT2D eigenvalue weighted by Crippen LogP contribution is -2.29. The van der Waals surface area contributed by atoms with Gasteiger partial charge in [0.2, 0.25) is 0 Å². The van der Waals surface area contributed by atoms with Crippen molar-refractivity contribution in [2.75, 3.05) is 0 Å². The van der Waals surface area contributed by atoms with Crippen LogP contribution in [0, 0.1) is 0 Å². The molecule has 2 aromatic heterocycles. The first kappa shape index (κ1) is 13.7. The summed E-state index contributed by atoms with van der Waals surface area (Å²) in [4.78, 5) is 38.6. The Bertz CT molecular complexity index is 872. The molecule has 7 heteroatoms. The fourth-order valence-electron chi connectivity index (χ4n) is 2.45. The van der Waals surface area contributed by atoms with E-state index in [-0.39, 0.29) is 18.4 Å². The highest BCUT2D eigenvalue weighted by Gasteiger charge is 2.35. The number of aromatic nitrogens is 3. The van der Waals surface area contributed by atoms with Crippen LogP contribution in [0.1, 0.15) is 26.4 Å². The molecule has 0 unspecified atom stereocenters. The van der Waals surface area contributed by atoms with Crippen molar-refractivity contribution in [3.05, 3.63) is 65.1 Å². The van der Waals surface area contributed by atoms with Crippen molar-refractivity contribution in [2.24, 2.45) is 0 Å². The molecule has 0 bridgehead atoms. The zero-order valence-corrected chi connectivity index (χ0v) is 12.7. The maximum absolute atomic E-state index is 12.3. The lowest BCUT2D eigenvalue weighted by molar-refractivity contribution is 0.0640. The van der Waals surface area contributed by atoms with Gasteiger partial charge in [-0.2, -0.15) is 0 Å². The fraction of sp³-hybridized carbons (Fsp3) is 0.0625. The van der Waals surface area contributed by atoms with E-state index in [4.69, 9.17) is 0 Å². The zero-order valence-electron chi connectivity index (χ0n) is 11.8. The lowest BCUT2D eigenvalue weighted by Gasteiger charge is -2.11. The SMILES string of the molecule is O=C1c2ccccc2C(=O)N1Cc1csc(-c2cnccn2)n1. The van der Waals surface area contributed by atoms with Gasteiger partial charge >= 0.3 is 0 Å². The van der Waals surface area contributed by atoms with E-state index >= 15 is 0 Å². The van der Waals surface area contributed by atoms with Crippen LogP contribution in [-0.4, -0.2) is 31.7 Å². The van der Waals surface area contributed by atoms with E-state index in [9.17, 15) is 9.59 Å². The second-order valence-electron chi connectivity index (χ2n) is 4.98. The minimum Gasteiger partial charge on any atom is -0.269 e. The van der Waals surface area contributed by atoms with Crippen molar-refractivity contribution in [2.45, 2.75) is 6.54 Å². The molecule has 0 aliphatic carbocycles. The van der Waals surface area contributed by atoms with E-state index in [0.29, 0.717) is 27.5 Å². The van der Waals surface area contributed by atoms with Gasteiger partial charge in [-0.25, -0.2) is 4.98 Å². The van der Waals surface area contributed by atoms with E-state index in [1.165, 1.54) is 16.2 Å². The van der Waals surface area contributed by atoms with Gasteiger partial charge in [0.1, 0.15) is 10.7 Å². The number of carbonyl (C=O) groups excluding carboxylic acids is 2. The number of hydrogen-bond donors (Lipinski definition) is 0. The predicted octanol–water partition coefficient (Wildman–Crippen LogP) is 2.40. The molecule has 0 fully saturated rings. The van der Waals surface area contributed by atoms with Gasteiger partial charge in [-0.1, -0.05) is 12.1 Å². The number of rotatable bonds is 3. The second kappa shape index (κ2) is 5.36. The molecule has 6 nitrogen and oxygen atoms in total. The number of nitrogens with zero attached hydrogens (tertiary/aromatic N) is 4. The van der Waals surface area contributed by atoms with Crippen LogP contribution in [0.3, 0.4) is 0 Å². The number of hydrogen-bond acceptors (Lipinski definition) is 6. The summed E-state index contributed by atoms with van der Waals surface area (Å²) < 4.78 is 0. The summed E-state index contributed by atoms with van der Waals surface area (Å²) in [7, 11) is 0.